The van der Waals surface area contributed by atoms with E-state index in [9.17, 15) is 69.6 Å². The number of hydrogen-bond acceptors (Lipinski definition) is 25. The van der Waals surface area contributed by atoms with Crippen LogP contribution in [-0.4, -0.2) is 261 Å². The Morgan fingerprint density at radius 3 is 1.83 bits per heavy atom. The minimum absolute atomic E-state index is 0.0111. The lowest BCUT2D eigenvalue weighted by molar-refractivity contribution is -0.142. The molecule has 2 aromatic heterocycles. The van der Waals surface area contributed by atoms with Gasteiger partial charge in [0.05, 0.1) is 107 Å². The molecule has 4 atom stereocenters. The summed E-state index contributed by atoms with van der Waals surface area (Å²) in [4.78, 5) is 148. The first-order valence-electron chi connectivity index (χ1n) is 41.6. The number of fused-ring (bicyclic) bond motifs is 6. The number of urea groups is 1. The molecule has 678 valence electrons. The van der Waals surface area contributed by atoms with E-state index in [0.717, 1.165) is 59.5 Å². The number of aromatic nitrogens is 6. The fourth-order valence-electron chi connectivity index (χ4n) is 13.8. The largest absolute Gasteiger partial charge is 0.461 e. The first kappa shape index (κ1) is 99.6. The van der Waals surface area contributed by atoms with Crippen LogP contribution in [-0.2, 0) is 118 Å². The SMILES string of the molecule is CC(=O)OCc1ccc(NC(=O)[C@H](CCCNC(N)=O)NC(=O)[C@@H](NC(=O)[C@@H](CCCCNC(=O)CCC2CCCCCc3c2nnn3CCCN(CC(=O)NCCS(=O)(=O)O)CC(=O)NCCS(=O)(=O)O)NC(=O)CCOCCOCCOCCOCCNC(=O)CCC(=O)N2Cc3ccccc3-c3c(nnn3C(C)C)-c3ccccc32)C(C)C)cc1. The van der Waals surface area contributed by atoms with Gasteiger partial charge in [0.1, 0.15) is 30.4 Å². The van der Waals surface area contributed by atoms with Crippen LogP contribution in [0.2, 0.25) is 0 Å². The van der Waals surface area contributed by atoms with Crippen molar-refractivity contribution in [3.05, 3.63) is 95.3 Å². The average molecular weight is 1760 g/mol. The zero-order valence-corrected chi connectivity index (χ0v) is 72.2. The molecule has 0 spiro atoms. The number of primary amides is 1. The van der Waals surface area contributed by atoms with Crippen molar-refractivity contribution in [1.29, 1.82) is 0 Å². The third kappa shape index (κ3) is 36.5. The minimum Gasteiger partial charge on any atom is -0.461 e. The van der Waals surface area contributed by atoms with Crippen LogP contribution >= 0.6 is 0 Å². The molecule has 40 nitrogen and oxygen atoms in total. The summed E-state index contributed by atoms with van der Waals surface area (Å²) in [7, 11) is -8.73. The molecule has 0 saturated carbocycles. The standard InChI is InChI=1S/C81H120N18O22S2/c1-55(2)74(80(109)90-65(22-15-35-87-81(82)110)78(107)88-61-28-25-58(26-29-61)54-121-57(5)100)91-79(108)64(21-13-14-34-83-68(101)30-27-59-17-7-6-8-24-67-75(59)92-94-98(67)40-16-39-96(52-71(104)85-37-49-122(111,112)113)53-72(105)86-38-50-123(114,115)116)89-70(103)33-41-117-43-45-119-47-48-120-46-44-118-42-36-84-69(102)31-32-73(106)97-51-60-18-9-10-19-62(60)77-76(93-95-99(77)56(3)4)63-20-11-12-23-66(63)97/h9-12,18-20,23,25-26,28-29,55-56,59,64-65,74H,6-8,13-17,21-22,24,27,30-54H2,1-5H3,(H,83,101)(H,84,102)(H,85,104)(H,86,105)(H,88,107)(H,89,103)(H,90,109)(H,91,108)(H3,82,87,110)(H,111,112,113)(H,114,115,116)/t59?,64-,65+,74+/m1/s1. The highest BCUT2D eigenvalue weighted by Crippen LogP contribution is 2.42. The molecule has 1 unspecified atom stereocenters. The van der Waals surface area contributed by atoms with Gasteiger partial charge in [-0.2, -0.15) is 16.8 Å². The predicted octanol–water partition coefficient (Wildman–Crippen LogP) is 2.91. The summed E-state index contributed by atoms with van der Waals surface area (Å²) in [5, 5.41) is 42.2. The second kappa shape index (κ2) is 52.2. The number of aryl methyl sites for hydroxylation is 1. The normalized spacial score (nSPS) is 14.0. The van der Waals surface area contributed by atoms with Crippen molar-refractivity contribution in [2.24, 2.45) is 11.7 Å². The molecule has 42 heteroatoms. The van der Waals surface area contributed by atoms with E-state index in [4.69, 9.17) is 38.5 Å². The molecule has 123 heavy (non-hydrogen) atoms. The number of nitrogens with zero attached hydrogens (tertiary/aromatic N) is 8. The molecule has 0 radical (unpaired) electrons. The molecule has 7 rings (SSSR count). The zero-order chi connectivity index (χ0) is 89.3. The Bertz CT molecular complexity index is 4480. The lowest BCUT2D eigenvalue weighted by atomic mass is 9.88. The van der Waals surface area contributed by atoms with Crippen molar-refractivity contribution in [1.82, 2.24) is 77.4 Å². The number of unbranched alkanes of at least 4 members (excludes halogenated alkanes) is 1. The number of rotatable bonds is 55. The molecule has 0 saturated heterocycles. The van der Waals surface area contributed by atoms with E-state index in [0.29, 0.717) is 67.8 Å². The van der Waals surface area contributed by atoms with Gasteiger partial charge in [0.25, 0.3) is 20.2 Å². The second-order valence-corrected chi connectivity index (χ2v) is 33.6. The van der Waals surface area contributed by atoms with Gasteiger partial charge < -0.3 is 82.2 Å². The topological polar surface area (TPSA) is 545 Å². The maximum absolute atomic E-state index is 14.4. The van der Waals surface area contributed by atoms with Crippen molar-refractivity contribution >= 4 is 96.8 Å². The highest BCUT2D eigenvalue weighted by atomic mass is 32.2. The number of anilines is 2. The Labute approximate surface area is 716 Å². The number of carbonyl (C=O) groups excluding carboxylic acids is 11. The van der Waals surface area contributed by atoms with Crippen LogP contribution in [0, 0.1) is 5.92 Å². The van der Waals surface area contributed by atoms with Crippen LogP contribution in [0.15, 0.2) is 72.8 Å². The Morgan fingerprint density at radius 1 is 0.577 bits per heavy atom. The number of carbonyl (C=O) groups is 11. The highest BCUT2D eigenvalue weighted by Gasteiger charge is 2.34. The van der Waals surface area contributed by atoms with Crippen LogP contribution in [0.5, 0.6) is 0 Å². The predicted molar refractivity (Wildman–Crippen MR) is 452 cm³/mol. The summed E-state index contributed by atoms with van der Waals surface area (Å²) >= 11 is 0. The molecule has 1 aliphatic carbocycles. The average Bonchev–Trinajstić information content (AvgIpc) is 1.66. The van der Waals surface area contributed by atoms with E-state index in [1.54, 1.807) is 47.7 Å². The van der Waals surface area contributed by atoms with Gasteiger partial charge in [0, 0.05) is 107 Å². The second-order valence-electron chi connectivity index (χ2n) is 30.5. The summed E-state index contributed by atoms with van der Waals surface area (Å²) in [6.45, 7) is 10.0. The summed E-state index contributed by atoms with van der Waals surface area (Å²) < 4.78 is 94.4. The minimum atomic E-state index is -4.36. The molecule has 5 aromatic rings. The number of nitrogens with two attached hydrogens (primary N) is 1. The zero-order valence-electron chi connectivity index (χ0n) is 70.6. The van der Waals surface area contributed by atoms with E-state index >= 15 is 0 Å². The van der Waals surface area contributed by atoms with E-state index < -0.39 is 103 Å². The third-order valence-corrected chi connectivity index (χ3v) is 21.5. The summed E-state index contributed by atoms with van der Waals surface area (Å²) in [6, 6.07) is 17.6. The van der Waals surface area contributed by atoms with Crippen LogP contribution in [0.25, 0.3) is 22.5 Å². The molecule has 1 aliphatic heterocycles. The van der Waals surface area contributed by atoms with E-state index in [2.05, 4.69) is 68.5 Å². The quantitative estimate of drug-likeness (QED) is 0.0151. The Hall–Kier alpha value is -10.5. The van der Waals surface area contributed by atoms with Gasteiger partial charge in [-0.1, -0.05) is 91.7 Å². The van der Waals surface area contributed by atoms with Crippen molar-refractivity contribution in [2.75, 3.05) is 127 Å². The molecule has 0 fully saturated rings. The summed E-state index contributed by atoms with van der Waals surface area (Å²) in [6.07, 6.45) is 5.81. The number of esters is 1. The van der Waals surface area contributed by atoms with Gasteiger partial charge in [-0.05, 0) is 113 Å². The lowest BCUT2D eigenvalue weighted by Gasteiger charge is -2.28. The van der Waals surface area contributed by atoms with Crippen LogP contribution in [0.3, 0.4) is 0 Å². The van der Waals surface area contributed by atoms with Gasteiger partial charge in [-0.25, -0.2) is 14.2 Å². The monoisotopic (exact) mass is 1760 g/mol. The first-order chi connectivity index (χ1) is 58.8. The van der Waals surface area contributed by atoms with Gasteiger partial charge in [-0.15, -0.1) is 10.2 Å². The number of ether oxygens (including phenoxy) is 5. The van der Waals surface area contributed by atoms with E-state index in [1.807, 2.05) is 67.1 Å². The molecular weight excluding hydrogens is 1640 g/mol. The molecule has 13 N–H and O–H groups in total. The van der Waals surface area contributed by atoms with Gasteiger partial charge in [-0.3, -0.25) is 62.0 Å². The van der Waals surface area contributed by atoms with E-state index in [1.165, 1.54) is 11.8 Å². The van der Waals surface area contributed by atoms with Crippen molar-refractivity contribution in [2.45, 2.75) is 187 Å². The molecule has 0 bridgehead atoms. The number of nitrogens with one attached hydrogen (secondary N) is 9. The van der Waals surface area contributed by atoms with Crippen LogP contribution in [0.1, 0.15) is 165 Å². The lowest BCUT2D eigenvalue weighted by Crippen LogP contribution is -2.57. The Balaban J connectivity index is 0.855. The third-order valence-electron chi connectivity index (χ3n) is 20.0. The van der Waals surface area contributed by atoms with Gasteiger partial charge >= 0.3 is 12.0 Å². The smallest absolute Gasteiger partial charge is 0.312 e. The fourth-order valence-corrected chi connectivity index (χ4v) is 14.5. The van der Waals surface area contributed by atoms with E-state index in [-0.39, 0.29) is 186 Å². The van der Waals surface area contributed by atoms with Gasteiger partial charge in [0.2, 0.25) is 53.2 Å². The molecule has 3 heterocycles. The number of benzene rings is 3. The number of hydrogen-bond donors (Lipinski definition) is 12. The van der Waals surface area contributed by atoms with Crippen molar-refractivity contribution in [3.63, 3.8) is 0 Å². The molecule has 3 aromatic carbocycles. The summed E-state index contributed by atoms with van der Waals surface area (Å²) in [5.74, 6) is -7.17. The van der Waals surface area contributed by atoms with Gasteiger partial charge in [0.15, 0.2) is 0 Å². The molecular formula is C81H120N18O22S2. The maximum Gasteiger partial charge on any atom is 0.312 e. The van der Waals surface area contributed by atoms with Crippen LogP contribution in [0.4, 0.5) is 16.2 Å². The molecule has 11 amide bonds. The van der Waals surface area contributed by atoms with Crippen LogP contribution < -0.4 is 58.5 Å². The molecule has 2 aliphatic rings. The maximum atomic E-state index is 14.4. The fraction of sp³-hybridized carbons (Fsp3) is 0.593. The first-order valence-corrected chi connectivity index (χ1v) is 44.9. The summed E-state index contributed by atoms with van der Waals surface area (Å²) in [5.41, 5.74) is 12.8. The van der Waals surface area contributed by atoms with Crippen molar-refractivity contribution in [3.8, 4) is 22.5 Å². The number of para-hydroxylation sites is 1. The Morgan fingerprint density at radius 2 is 1.18 bits per heavy atom. The van der Waals surface area contributed by atoms with Crippen molar-refractivity contribution < 1.29 is 102 Å². The highest BCUT2D eigenvalue weighted by molar-refractivity contribution is 7.86. The Kier molecular flexibility index (Phi) is 42.3. The number of amides is 11.